The lowest BCUT2D eigenvalue weighted by Gasteiger charge is -2.10. The lowest BCUT2D eigenvalue weighted by atomic mass is 10.1. The van der Waals surface area contributed by atoms with Gasteiger partial charge in [-0.15, -0.1) is 0 Å². The molecule has 0 aliphatic heterocycles. The molecule has 0 spiro atoms. The topological polar surface area (TPSA) is 125 Å². The number of rotatable bonds is 6. The Kier molecular flexibility index (Phi) is 4.81. The van der Waals surface area contributed by atoms with Gasteiger partial charge in [0.05, 0.1) is 28.6 Å². The van der Waals surface area contributed by atoms with Crippen molar-refractivity contribution in [1.29, 1.82) is 0 Å². The van der Waals surface area contributed by atoms with Gasteiger partial charge in [-0.3, -0.25) is 9.50 Å². The first kappa shape index (κ1) is 19.1. The number of imidazole rings is 1. The number of aromatic amines is 1. The van der Waals surface area contributed by atoms with E-state index >= 15 is 0 Å². The molecule has 0 bridgehead atoms. The van der Waals surface area contributed by atoms with Gasteiger partial charge >= 0.3 is 0 Å². The SMILES string of the molecule is CCS(=O)(=O)c1cccc(-c2cc3nc(CO)cn3c(Nc3cc(C)[nH]n3)n2)c1. The summed E-state index contributed by atoms with van der Waals surface area (Å²) in [6.45, 7) is 3.29. The van der Waals surface area contributed by atoms with Crippen molar-refractivity contribution in [2.75, 3.05) is 11.1 Å². The van der Waals surface area contributed by atoms with Crippen molar-refractivity contribution in [3.8, 4) is 11.3 Å². The summed E-state index contributed by atoms with van der Waals surface area (Å²) in [6.07, 6.45) is 1.69. The molecule has 0 atom stereocenters. The zero-order chi connectivity index (χ0) is 20.6. The first-order chi connectivity index (χ1) is 13.9. The second kappa shape index (κ2) is 7.30. The zero-order valence-electron chi connectivity index (χ0n) is 15.9. The van der Waals surface area contributed by atoms with Crippen molar-refractivity contribution in [2.24, 2.45) is 0 Å². The Bertz CT molecular complexity index is 1290. The van der Waals surface area contributed by atoms with Gasteiger partial charge in [0.15, 0.2) is 15.7 Å². The fraction of sp³-hybridized carbons (Fsp3) is 0.211. The van der Waals surface area contributed by atoms with E-state index in [1.54, 1.807) is 47.9 Å². The fourth-order valence-electron chi connectivity index (χ4n) is 2.96. The molecule has 1 aromatic carbocycles. The maximum atomic E-state index is 12.3. The van der Waals surface area contributed by atoms with Crippen LogP contribution in [0.1, 0.15) is 18.3 Å². The third kappa shape index (κ3) is 3.71. The molecule has 0 aliphatic carbocycles. The number of aryl methyl sites for hydroxylation is 1. The Balaban J connectivity index is 1.86. The summed E-state index contributed by atoms with van der Waals surface area (Å²) in [6, 6.07) is 10.3. The summed E-state index contributed by atoms with van der Waals surface area (Å²) < 4.78 is 26.2. The largest absolute Gasteiger partial charge is 0.390 e. The van der Waals surface area contributed by atoms with Crippen LogP contribution in [0.25, 0.3) is 16.9 Å². The van der Waals surface area contributed by atoms with E-state index in [4.69, 9.17) is 0 Å². The molecule has 0 saturated heterocycles. The highest BCUT2D eigenvalue weighted by molar-refractivity contribution is 7.91. The van der Waals surface area contributed by atoms with Gasteiger partial charge in [0.2, 0.25) is 5.95 Å². The number of anilines is 2. The highest BCUT2D eigenvalue weighted by Gasteiger charge is 2.15. The molecular formula is C19H20N6O3S. The number of hydrogen-bond donors (Lipinski definition) is 3. The number of fused-ring (bicyclic) bond motifs is 1. The monoisotopic (exact) mass is 412 g/mol. The minimum Gasteiger partial charge on any atom is -0.390 e. The minimum absolute atomic E-state index is 0.0222. The first-order valence-corrected chi connectivity index (χ1v) is 10.7. The highest BCUT2D eigenvalue weighted by atomic mass is 32.2. The molecule has 0 radical (unpaired) electrons. The standard InChI is InChI=1S/C19H20N6O3S/c1-3-29(27,28)15-6-4-5-13(8-15)16-9-18-20-14(11-26)10-25(18)19(21-16)22-17-7-12(2)23-24-17/h4-10,26H,3,11H2,1-2H3,(H2,21,22,23,24). The summed E-state index contributed by atoms with van der Waals surface area (Å²) in [7, 11) is -3.34. The molecule has 0 amide bonds. The second-order valence-electron chi connectivity index (χ2n) is 6.58. The van der Waals surface area contributed by atoms with Gasteiger partial charge in [-0.1, -0.05) is 19.1 Å². The lowest BCUT2D eigenvalue weighted by molar-refractivity contribution is 0.277. The number of benzene rings is 1. The van der Waals surface area contributed by atoms with Gasteiger partial charge < -0.3 is 10.4 Å². The summed E-state index contributed by atoms with van der Waals surface area (Å²) in [5.41, 5.74) is 3.15. The van der Waals surface area contributed by atoms with Crippen LogP contribution < -0.4 is 5.32 Å². The molecule has 0 saturated carbocycles. The summed E-state index contributed by atoms with van der Waals surface area (Å²) >= 11 is 0. The molecule has 0 fully saturated rings. The van der Waals surface area contributed by atoms with E-state index in [1.165, 1.54) is 0 Å². The predicted octanol–water partition coefficient (Wildman–Crippen LogP) is 2.46. The minimum atomic E-state index is -3.34. The maximum absolute atomic E-state index is 12.3. The first-order valence-electron chi connectivity index (χ1n) is 9.01. The molecular weight excluding hydrogens is 392 g/mol. The normalized spacial score (nSPS) is 11.8. The summed E-state index contributed by atoms with van der Waals surface area (Å²) in [5, 5.41) is 19.6. The third-order valence-electron chi connectivity index (χ3n) is 4.48. The number of sulfone groups is 1. The Morgan fingerprint density at radius 2 is 2.03 bits per heavy atom. The predicted molar refractivity (Wildman–Crippen MR) is 109 cm³/mol. The number of H-pyrrole nitrogens is 1. The number of aliphatic hydroxyl groups excluding tert-OH is 1. The molecule has 3 heterocycles. The van der Waals surface area contributed by atoms with Crippen molar-refractivity contribution in [3.63, 3.8) is 0 Å². The van der Waals surface area contributed by atoms with Crippen LogP contribution >= 0.6 is 0 Å². The number of aliphatic hydroxyl groups is 1. The molecule has 3 N–H and O–H groups in total. The van der Waals surface area contributed by atoms with Crippen LogP contribution in [0.3, 0.4) is 0 Å². The van der Waals surface area contributed by atoms with E-state index in [-0.39, 0.29) is 17.3 Å². The van der Waals surface area contributed by atoms with Crippen molar-refractivity contribution in [1.82, 2.24) is 24.6 Å². The average Bonchev–Trinajstić information content (AvgIpc) is 3.33. The van der Waals surface area contributed by atoms with Gasteiger partial charge in [-0.05, 0) is 19.1 Å². The summed E-state index contributed by atoms with van der Waals surface area (Å²) in [4.78, 5) is 9.30. The van der Waals surface area contributed by atoms with Gasteiger partial charge in [0.25, 0.3) is 0 Å². The van der Waals surface area contributed by atoms with Crippen molar-refractivity contribution in [3.05, 3.63) is 54.0 Å². The lowest BCUT2D eigenvalue weighted by Crippen LogP contribution is -2.05. The number of nitrogens with zero attached hydrogens (tertiary/aromatic N) is 4. The smallest absolute Gasteiger partial charge is 0.215 e. The van der Waals surface area contributed by atoms with E-state index in [0.717, 1.165) is 5.69 Å². The van der Waals surface area contributed by atoms with Gasteiger partial charge in [0.1, 0.15) is 5.65 Å². The number of nitrogens with one attached hydrogen (secondary N) is 2. The molecule has 0 unspecified atom stereocenters. The molecule has 4 rings (SSSR count). The van der Waals surface area contributed by atoms with Crippen LogP contribution in [0.4, 0.5) is 11.8 Å². The van der Waals surface area contributed by atoms with Gasteiger partial charge in [-0.25, -0.2) is 18.4 Å². The van der Waals surface area contributed by atoms with E-state index in [0.29, 0.717) is 34.4 Å². The molecule has 9 nitrogen and oxygen atoms in total. The van der Waals surface area contributed by atoms with Crippen LogP contribution in [-0.2, 0) is 16.4 Å². The van der Waals surface area contributed by atoms with Crippen LogP contribution in [-0.4, -0.2) is 43.8 Å². The molecule has 29 heavy (non-hydrogen) atoms. The van der Waals surface area contributed by atoms with Crippen molar-refractivity contribution in [2.45, 2.75) is 25.3 Å². The van der Waals surface area contributed by atoms with Gasteiger partial charge in [0, 0.05) is 29.6 Å². The zero-order valence-corrected chi connectivity index (χ0v) is 16.7. The Morgan fingerprint density at radius 3 is 2.72 bits per heavy atom. The Morgan fingerprint density at radius 1 is 1.21 bits per heavy atom. The molecule has 4 aromatic rings. The average molecular weight is 412 g/mol. The summed E-state index contributed by atoms with van der Waals surface area (Å²) in [5.74, 6) is 1.05. The van der Waals surface area contributed by atoms with E-state index in [1.807, 2.05) is 13.0 Å². The molecule has 0 aliphatic rings. The Labute approximate surface area is 167 Å². The van der Waals surface area contributed by atoms with Crippen LogP contribution in [0.5, 0.6) is 0 Å². The van der Waals surface area contributed by atoms with Crippen LogP contribution in [0.2, 0.25) is 0 Å². The molecule has 10 heteroatoms. The number of aromatic nitrogens is 5. The van der Waals surface area contributed by atoms with Crippen LogP contribution in [0, 0.1) is 6.92 Å². The highest BCUT2D eigenvalue weighted by Crippen LogP contribution is 2.26. The quantitative estimate of drug-likeness (QED) is 0.444. The Hall–Kier alpha value is -3.24. The van der Waals surface area contributed by atoms with E-state index in [2.05, 4.69) is 25.5 Å². The molecule has 3 aromatic heterocycles. The van der Waals surface area contributed by atoms with Crippen LogP contribution in [0.15, 0.2) is 47.5 Å². The number of hydrogen-bond acceptors (Lipinski definition) is 7. The van der Waals surface area contributed by atoms with Gasteiger partial charge in [-0.2, -0.15) is 5.10 Å². The second-order valence-corrected chi connectivity index (χ2v) is 8.85. The van der Waals surface area contributed by atoms with Crippen molar-refractivity contribution >= 4 is 27.3 Å². The maximum Gasteiger partial charge on any atom is 0.215 e. The van der Waals surface area contributed by atoms with E-state index < -0.39 is 9.84 Å². The molecule has 150 valence electrons. The van der Waals surface area contributed by atoms with Crippen molar-refractivity contribution < 1.29 is 13.5 Å². The third-order valence-corrected chi connectivity index (χ3v) is 6.21. The fourth-order valence-corrected chi connectivity index (χ4v) is 3.89. The van der Waals surface area contributed by atoms with E-state index in [9.17, 15) is 13.5 Å².